The van der Waals surface area contributed by atoms with Crippen LogP contribution in [0.25, 0.3) is 0 Å². The zero-order valence-corrected chi connectivity index (χ0v) is 15.8. The molecule has 1 aromatic rings. The van der Waals surface area contributed by atoms with Gasteiger partial charge in [-0.1, -0.05) is 0 Å². The van der Waals surface area contributed by atoms with Crippen molar-refractivity contribution in [3.8, 4) is 11.5 Å². The summed E-state index contributed by atoms with van der Waals surface area (Å²) in [6, 6.07) is 4.07. The fourth-order valence-electron chi connectivity index (χ4n) is 2.51. The second kappa shape index (κ2) is 8.85. The number of hydrogen-bond donors (Lipinski definition) is 1. The Kier molecular flexibility index (Phi) is 6.78. The topological polar surface area (TPSA) is 125 Å². The third-order valence-corrected chi connectivity index (χ3v) is 5.65. The van der Waals surface area contributed by atoms with Crippen molar-refractivity contribution >= 4 is 27.5 Å². The molecule has 0 unspecified atom stereocenters. The average Bonchev–Trinajstić information content (AvgIpc) is 2.96. The number of benzene rings is 1. The minimum atomic E-state index is -3.10. The van der Waals surface area contributed by atoms with Crippen molar-refractivity contribution in [2.75, 3.05) is 31.8 Å². The fraction of sp³-hybridized carbons (Fsp3) is 0.471. The molecule has 0 spiro atoms. The molecule has 1 aliphatic heterocycles. The molecule has 1 N–H and O–H groups in total. The molecule has 0 saturated carbocycles. The summed E-state index contributed by atoms with van der Waals surface area (Å²) >= 11 is 0. The highest BCUT2D eigenvalue weighted by atomic mass is 32.2. The van der Waals surface area contributed by atoms with E-state index in [0.717, 1.165) is 0 Å². The van der Waals surface area contributed by atoms with Crippen LogP contribution in [0.1, 0.15) is 23.7 Å². The van der Waals surface area contributed by atoms with Gasteiger partial charge in [-0.3, -0.25) is 9.59 Å². The van der Waals surface area contributed by atoms with Gasteiger partial charge in [-0.25, -0.2) is 13.2 Å². The number of carbonyl (C=O) groups is 3. The highest BCUT2D eigenvalue weighted by molar-refractivity contribution is 7.91. The largest absolute Gasteiger partial charge is 0.493 e. The molecular weight excluding hydrogens is 378 g/mol. The first-order chi connectivity index (χ1) is 12.7. The lowest BCUT2D eigenvalue weighted by molar-refractivity contribution is -0.150. The van der Waals surface area contributed by atoms with Gasteiger partial charge < -0.3 is 19.5 Å². The van der Waals surface area contributed by atoms with E-state index in [1.165, 1.54) is 32.2 Å². The fourth-order valence-corrected chi connectivity index (χ4v) is 4.18. The average molecular weight is 399 g/mol. The summed E-state index contributed by atoms with van der Waals surface area (Å²) < 4.78 is 37.9. The number of sulfone groups is 1. The molecule has 1 amide bonds. The number of rotatable bonds is 8. The maximum absolute atomic E-state index is 11.7. The summed E-state index contributed by atoms with van der Waals surface area (Å²) in [6.45, 7) is 0.429. The third-order valence-electron chi connectivity index (χ3n) is 3.88. The van der Waals surface area contributed by atoms with Crippen molar-refractivity contribution in [3.05, 3.63) is 23.8 Å². The van der Waals surface area contributed by atoms with Gasteiger partial charge in [0.15, 0.2) is 40.3 Å². The maximum atomic E-state index is 11.7. The van der Waals surface area contributed by atoms with Gasteiger partial charge in [0.05, 0.1) is 18.6 Å². The van der Waals surface area contributed by atoms with Crippen molar-refractivity contribution < 1.29 is 37.0 Å². The molecule has 1 saturated heterocycles. The van der Waals surface area contributed by atoms with Gasteiger partial charge in [-0.15, -0.1) is 0 Å². The second-order valence-corrected chi connectivity index (χ2v) is 8.27. The molecule has 1 fully saturated rings. The van der Waals surface area contributed by atoms with Crippen LogP contribution in [0.2, 0.25) is 0 Å². The van der Waals surface area contributed by atoms with E-state index in [4.69, 9.17) is 14.2 Å². The standard InChI is InChI=1S/C17H21NO8S/c1-11(19)12-3-4-14(15(7-12)24-2)25-9-17(21)26-8-16(20)18-13-5-6-27(22,23)10-13/h3-4,7,13H,5-6,8-10H2,1-2H3,(H,18,20)/t13-/m0/s1. The minimum absolute atomic E-state index is 0.0375. The molecule has 0 aromatic heterocycles. The van der Waals surface area contributed by atoms with E-state index in [1.54, 1.807) is 0 Å². The molecule has 0 bridgehead atoms. The summed E-state index contributed by atoms with van der Waals surface area (Å²) in [5.74, 6) is -1.02. The number of Topliss-reactive ketones (excluding diaryl/α,β-unsaturated/α-hetero) is 1. The number of esters is 1. The Morgan fingerprint density at radius 2 is 1.93 bits per heavy atom. The molecule has 1 aromatic carbocycles. The molecule has 1 heterocycles. The Bertz CT molecular complexity index is 833. The predicted octanol–water partition coefficient (Wildman–Crippen LogP) is 0.123. The van der Waals surface area contributed by atoms with Gasteiger partial charge in [-0.05, 0) is 31.5 Å². The van der Waals surface area contributed by atoms with Crippen LogP contribution in [0.4, 0.5) is 0 Å². The zero-order chi connectivity index (χ0) is 20.0. The molecule has 10 heteroatoms. The molecule has 9 nitrogen and oxygen atoms in total. The van der Waals surface area contributed by atoms with Crippen LogP contribution < -0.4 is 14.8 Å². The number of ketones is 1. The van der Waals surface area contributed by atoms with Crippen molar-refractivity contribution in [3.63, 3.8) is 0 Å². The van der Waals surface area contributed by atoms with E-state index in [0.29, 0.717) is 12.0 Å². The number of nitrogens with one attached hydrogen (secondary N) is 1. The van der Waals surface area contributed by atoms with Gasteiger partial charge >= 0.3 is 5.97 Å². The lowest BCUT2D eigenvalue weighted by Crippen LogP contribution is -2.38. The lowest BCUT2D eigenvalue weighted by atomic mass is 10.1. The zero-order valence-electron chi connectivity index (χ0n) is 15.0. The Morgan fingerprint density at radius 1 is 1.19 bits per heavy atom. The van der Waals surface area contributed by atoms with Gasteiger partial charge in [0, 0.05) is 11.6 Å². The molecule has 0 radical (unpaired) electrons. The van der Waals surface area contributed by atoms with Crippen molar-refractivity contribution in [2.24, 2.45) is 0 Å². The first-order valence-electron chi connectivity index (χ1n) is 8.17. The summed E-state index contributed by atoms with van der Waals surface area (Å²) in [6.07, 6.45) is 0.348. The number of carbonyl (C=O) groups excluding carboxylic acids is 3. The molecular formula is C17H21NO8S. The highest BCUT2D eigenvalue weighted by Gasteiger charge is 2.29. The molecule has 1 aliphatic rings. The molecule has 0 aliphatic carbocycles. The molecule has 27 heavy (non-hydrogen) atoms. The molecule has 148 valence electrons. The van der Waals surface area contributed by atoms with E-state index < -0.39 is 41.0 Å². The Hall–Kier alpha value is -2.62. The number of methoxy groups -OCH3 is 1. The van der Waals surface area contributed by atoms with Gasteiger partial charge in [0.1, 0.15) is 0 Å². The molecule has 1 atom stereocenters. The summed E-state index contributed by atoms with van der Waals surface area (Å²) in [5.41, 5.74) is 0.437. The summed E-state index contributed by atoms with van der Waals surface area (Å²) in [4.78, 5) is 34.8. The van der Waals surface area contributed by atoms with Gasteiger partial charge in [0.25, 0.3) is 5.91 Å². The number of hydrogen-bond acceptors (Lipinski definition) is 8. The van der Waals surface area contributed by atoms with Crippen LogP contribution in [0.3, 0.4) is 0 Å². The number of amides is 1. The predicted molar refractivity (Wildman–Crippen MR) is 94.7 cm³/mol. The van der Waals surface area contributed by atoms with Crippen LogP contribution in [-0.2, 0) is 24.2 Å². The Balaban J connectivity index is 1.78. The highest BCUT2D eigenvalue weighted by Crippen LogP contribution is 2.28. The third kappa shape index (κ3) is 6.24. The number of ether oxygens (including phenoxy) is 3. The SMILES string of the molecule is COc1cc(C(C)=O)ccc1OCC(=O)OCC(=O)N[C@H]1CCS(=O)(=O)C1. The van der Waals surface area contributed by atoms with Crippen LogP contribution in [0, 0.1) is 0 Å². The van der Waals surface area contributed by atoms with E-state index >= 15 is 0 Å². The summed E-state index contributed by atoms with van der Waals surface area (Å²) in [5, 5.41) is 2.51. The first kappa shape index (κ1) is 20.7. The lowest BCUT2D eigenvalue weighted by Gasteiger charge is -2.12. The first-order valence-corrected chi connectivity index (χ1v) is 9.99. The quantitative estimate of drug-likeness (QED) is 0.483. The van der Waals surface area contributed by atoms with Crippen LogP contribution >= 0.6 is 0 Å². The maximum Gasteiger partial charge on any atom is 0.344 e. The molecule has 2 rings (SSSR count). The normalized spacial score (nSPS) is 17.8. The van der Waals surface area contributed by atoms with Crippen molar-refractivity contribution in [2.45, 2.75) is 19.4 Å². The van der Waals surface area contributed by atoms with Crippen molar-refractivity contribution in [1.82, 2.24) is 5.32 Å². The van der Waals surface area contributed by atoms with Crippen LogP contribution in [0.15, 0.2) is 18.2 Å². The van der Waals surface area contributed by atoms with Crippen LogP contribution in [0.5, 0.6) is 11.5 Å². The Labute approximate surface area is 156 Å². The van der Waals surface area contributed by atoms with E-state index in [9.17, 15) is 22.8 Å². The van der Waals surface area contributed by atoms with Gasteiger partial charge in [0.2, 0.25) is 0 Å². The van der Waals surface area contributed by atoms with E-state index in [-0.39, 0.29) is 28.8 Å². The van der Waals surface area contributed by atoms with Crippen molar-refractivity contribution in [1.29, 1.82) is 0 Å². The van der Waals surface area contributed by atoms with Crippen LogP contribution in [-0.4, -0.2) is 63.9 Å². The Morgan fingerprint density at radius 3 is 2.52 bits per heavy atom. The smallest absolute Gasteiger partial charge is 0.344 e. The monoisotopic (exact) mass is 399 g/mol. The van der Waals surface area contributed by atoms with E-state index in [2.05, 4.69) is 5.32 Å². The van der Waals surface area contributed by atoms with E-state index in [1.807, 2.05) is 0 Å². The second-order valence-electron chi connectivity index (χ2n) is 6.04. The van der Waals surface area contributed by atoms with Gasteiger partial charge in [-0.2, -0.15) is 0 Å². The summed E-state index contributed by atoms with van der Waals surface area (Å²) in [7, 11) is -1.70. The minimum Gasteiger partial charge on any atom is -0.493 e.